The number of thiazole rings is 1. The largest absolute Gasteiger partial charge is 0.369 e. The highest BCUT2D eigenvalue weighted by molar-refractivity contribution is 8.00. The first-order valence-electron chi connectivity index (χ1n) is 7.99. The number of thioether (sulfide) groups is 1. The molecule has 0 bridgehead atoms. The van der Waals surface area contributed by atoms with Crippen LogP contribution in [0, 0.1) is 6.92 Å². The fourth-order valence-electron chi connectivity index (χ4n) is 2.42. The number of hydrogen-bond donors (Lipinski definition) is 2. The van der Waals surface area contributed by atoms with Crippen molar-refractivity contribution in [2.75, 3.05) is 11.1 Å². The Kier molecular flexibility index (Phi) is 6.15. The standard InChI is InChI=1S/C19H16ClN3O2S2/c1-11-17(12-6-8-13(20)9-7-12)22-19(27-11)23-18(25)14-4-2-3-5-15(14)26-10-16(21)24/h2-9H,10H2,1H3,(H2,21,24)(H,22,23,25). The van der Waals surface area contributed by atoms with Crippen LogP contribution in [0.4, 0.5) is 5.13 Å². The third kappa shape index (κ3) is 4.88. The van der Waals surface area contributed by atoms with Crippen LogP contribution in [0.1, 0.15) is 15.2 Å². The summed E-state index contributed by atoms with van der Waals surface area (Å²) in [5.41, 5.74) is 7.42. The van der Waals surface area contributed by atoms with Gasteiger partial charge in [0.1, 0.15) is 0 Å². The summed E-state index contributed by atoms with van der Waals surface area (Å²) in [5.74, 6) is -0.598. The Morgan fingerprint density at radius 1 is 1.19 bits per heavy atom. The molecule has 0 aliphatic rings. The average molecular weight is 418 g/mol. The molecule has 27 heavy (non-hydrogen) atoms. The molecule has 138 valence electrons. The first kappa shape index (κ1) is 19.4. The minimum Gasteiger partial charge on any atom is -0.369 e. The first-order chi connectivity index (χ1) is 12.9. The molecule has 5 nitrogen and oxygen atoms in total. The van der Waals surface area contributed by atoms with Gasteiger partial charge in [-0.1, -0.05) is 35.9 Å². The lowest BCUT2D eigenvalue weighted by molar-refractivity contribution is -0.115. The van der Waals surface area contributed by atoms with E-state index in [0.29, 0.717) is 20.6 Å². The monoisotopic (exact) mass is 417 g/mol. The molecule has 0 unspecified atom stereocenters. The van der Waals surface area contributed by atoms with Crippen molar-refractivity contribution in [3.05, 3.63) is 64.0 Å². The third-order valence-corrected chi connectivity index (χ3v) is 5.87. The van der Waals surface area contributed by atoms with Gasteiger partial charge in [-0.25, -0.2) is 4.98 Å². The number of nitrogens with one attached hydrogen (secondary N) is 1. The summed E-state index contributed by atoms with van der Waals surface area (Å²) in [6, 6.07) is 14.5. The second kappa shape index (κ2) is 8.56. The fourth-order valence-corrected chi connectivity index (χ4v) is 4.16. The summed E-state index contributed by atoms with van der Waals surface area (Å²) >= 11 is 8.57. The maximum Gasteiger partial charge on any atom is 0.258 e. The Hall–Kier alpha value is -2.35. The van der Waals surface area contributed by atoms with Crippen molar-refractivity contribution >= 4 is 51.6 Å². The minimum atomic E-state index is -0.432. The lowest BCUT2D eigenvalue weighted by Gasteiger charge is -2.07. The number of hydrogen-bond acceptors (Lipinski definition) is 5. The second-order valence-electron chi connectivity index (χ2n) is 5.64. The van der Waals surface area contributed by atoms with Gasteiger partial charge in [-0.3, -0.25) is 14.9 Å². The Labute approximate surface area is 170 Å². The van der Waals surface area contributed by atoms with Gasteiger partial charge in [0, 0.05) is 20.4 Å². The lowest BCUT2D eigenvalue weighted by Crippen LogP contribution is -2.15. The zero-order valence-corrected chi connectivity index (χ0v) is 16.8. The number of aromatic nitrogens is 1. The second-order valence-corrected chi connectivity index (χ2v) is 8.29. The molecule has 3 N–H and O–H groups in total. The average Bonchev–Trinajstić information content (AvgIpc) is 3.01. The normalized spacial score (nSPS) is 10.6. The van der Waals surface area contributed by atoms with Crippen LogP contribution in [-0.2, 0) is 4.79 Å². The molecule has 0 aliphatic carbocycles. The zero-order valence-electron chi connectivity index (χ0n) is 14.4. The Morgan fingerprint density at radius 3 is 2.59 bits per heavy atom. The Bertz CT molecular complexity index is 987. The number of carbonyl (C=O) groups excluding carboxylic acids is 2. The molecule has 0 aliphatic heterocycles. The molecule has 1 aromatic heterocycles. The van der Waals surface area contributed by atoms with Crippen molar-refractivity contribution in [2.45, 2.75) is 11.8 Å². The Balaban J connectivity index is 1.80. The summed E-state index contributed by atoms with van der Waals surface area (Å²) < 4.78 is 0. The van der Waals surface area contributed by atoms with Crippen LogP contribution in [0.5, 0.6) is 0 Å². The van der Waals surface area contributed by atoms with Gasteiger partial charge in [-0.2, -0.15) is 0 Å². The maximum atomic E-state index is 12.7. The lowest BCUT2D eigenvalue weighted by atomic mass is 10.1. The first-order valence-corrected chi connectivity index (χ1v) is 10.2. The molecular formula is C19H16ClN3O2S2. The van der Waals surface area contributed by atoms with Crippen LogP contribution in [0.15, 0.2) is 53.4 Å². The molecule has 3 rings (SSSR count). The van der Waals surface area contributed by atoms with Crippen LogP contribution >= 0.6 is 34.7 Å². The van der Waals surface area contributed by atoms with Crippen molar-refractivity contribution in [1.29, 1.82) is 0 Å². The summed E-state index contributed by atoms with van der Waals surface area (Å²) in [7, 11) is 0. The van der Waals surface area contributed by atoms with Gasteiger partial charge >= 0.3 is 0 Å². The topological polar surface area (TPSA) is 85.1 Å². The van der Waals surface area contributed by atoms with E-state index in [0.717, 1.165) is 16.1 Å². The predicted molar refractivity (Wildman–Crippen MR) is 112 cm³/mol. The van der Waals surface area contributed by atoms with E-state index in [-0.39, 0.29) is 11.7 Å². The zero-order chi connectivity index (χ0) is 19.4. The van der Waals surface area contributed by atoms with Crippen LogP contribution in [0.3, 0.4) is 0 Å². The molecule has 0 atom stereocenters. The molecule has 8 heteroatoms. The highest BCUT2D eigenvalue weighted by Crippen LogP contribution is 2.32. The van der Waals surface area contributed by atoms with Gasteiger partial charge < -0.3 is 5.73 Å². The van der Waals surface area contributed by atoms with Crippen molar-refractivity contribution in [3.63, 3.8) is 0 Å². The minimum absolute atomic E-state index is 0.112. The molecule has 0 fully saturated rings. The number of rotatable bonds is 6. The van der Waals surface area contributed by atoms with E-state index in [1.54, 1.807) is 30.3 Å². The van der Waals surface area contributed by atoms with Gasteiger partial charge in [0.05, 0.1) is 17.0 Å². The van der Waals surface area contributed by atoms with Crippen molar-refractivity contribution < 1.29 is 9.59 Å². The SMILES string of the molecule is Cc1sc(NC(=O)c2ccccc2SCC(N)=O)nc1-c1ccc(Cl)cc1. The highest BCUT2D eigenvalue weighted by Gasteiger charge is 2.16. The molecule has 0 saturated carbocycles. The van der Waals surface area contributed by atoms with Crippen molar-refractivity contribution in [3.8, 4) is 11.3 Å². The summed E-state index contributed by atoms with van der Waals surface area (Å²) in [4.78, 5) is 29.9. The number of carbonyl (C=O) groups is 2. The van der Waals surface area contributed by atoms with E-state index in [1.807, 2.05) is 25.1 Å². The number of primary amides is 1. The number of nitrogens with two attached hydrogens (primary N) is 1. The number of amides is 2. The number of anilines is 1. The molecule has 2 amide bonds. The van der Waals surface area contributed by atoms with E-state index in [4.69, 9.17) is 17.3 Å². The van der Waals surface area contributed by atoms with E-state index < -0.39 is 5.91 Å². The van der Waals surface area contributed by atoms with Crippen LogP contribution in [0.2, 0.25) is 5.02 Å². The molecule has 2 aromatic carbocycles. The van der Waals surface area contributed by atoms with Crippen LogP contribution in [0.25, 0.3) is 11.3 Å². The van der Waals surface area contributed by atoms with Crippen LogP contribution in [-0.4, -0.2) is 22.6 Å². The van der Waals surface area contributed by atoms with Crippen LogP contribution < -0.4 is 11.1 Å². The van der Waals surface area contributed by atoms with E-state index in [1.165, 1.54) is 23.1 Å². The summed E-state index contributed by atoms with van der Waals surface area (Å²) in [6.45, 7) is 1.95. The van der Waals surface area contributed by atoms with Crippen molar-refractivity contribution in [1.82, 2.24) is 4.98 Å². The van der Waals surface area contributed by atoms with E-state index in [2.05, 4.69) is 10.3 Å². The number of nitrogens with zero attached hydrogens (tertiary/aromatic N) is 1. The highest BCUT2D eigenvalue weighted by atomic mass is 35.5. The summed E-state index contributed by atoms with van der Waals surface area (Å²) in [5, 5.41) is 4.01. The Morgan fingerprint density at radius 2 is 1.89 bits per heavy atom. The molecule has 0 radical (unpaired) electrons. The van der Waals surface area contributed by atoms with Gasteiger partial charge in [0.25, 0.3) is 5.91 Å². The molecule has 1 heterocycles. The number of aryl methyl sites for hydroxylation is 1. The predicted octanol–water partition coefficient (Wildman–Crippen LogP) is 4.60. The third-order valence-electron chi connectivity index (χ3n) is 3.64. The van der Waals surface area contributed by atoms with Crippen molar-refractivity contribution in [2.24, 2.45) is 5.73 Å². The van der Waals surface area contributed by atoms with E-state index in [9.17, 15) is 9.59 Å². The molecule has 3 aromatic rings. The van der Waals surface area contributed by atoms with E-state index >= 15 is 0 Å². The molecule has 0 saturated heterocycles. The maximum absolute atomic E-state index is 12.7. The van der Waals surface area contributed by atoms with Gasteiger partial charge in [-0.05, 0) is 31.2 Å². The number of halogens is 1. The smallest absolute Gasteiger partial charge is 0.258 e. The van der Waals surface area contributed by atoms with Gasteiger partial charge in [0.2, 0.25) is 5.91 Å². The summed E-state index contributed by atoms with van der Waals surface area (Å²) in [6.07, 6.45) is 0. The quantitative estimate of drug-likeness (QED) is 0.574. The van der Waals surface area contributed by atoms with Gasteiger partial charge in [0.15, 0.2) is 5.13 Å². The molecule has 0 spiro atoms. The van der Waals surface area contributed by atoms with Gasteiger partial charge in [-0.15, -0.1) is 23.1 Å². The molecular weight excluding hydrogens is 402 g/mol. The fraction of sp³-hybridized carbons (Fsp3) is 0.105. The number of benzene rings is 2.